The molecule has 0 spiro atoms. The second kappa shape index (κ2) is 4.50. The Morgan fingerprint density at radius 3 is 2.40 bits per heavy atom. The quantitative estimate of drug-likeness (QED) is 0.551. The Kier molecular flexibility index (Phi) is 3.74. The van der Waals surface area contributed by atoms with E-state index in [2.05, 4.69) is 19.9 Å². The summed E-state index contributed by atoms with van der Waals surface area (Å²) in [5, 5.41) is 0. The molecule has 2 heteroatoms. The van der Waals surface area contributed by atoms with Gasteiger partial charge in [0.1, 0.15) is 0 Å². The molecule has 0 saturated heterocycles. The van der Waals surface area contributed by atoms with Crippen molar-refractivity contribution < 1.29 is 0 Å². The number of nitrogens with two attached hydrogens (primary N) is 2. The first-order valence-corrected chi connectivity index (χ1v) is 5.88. The van der Waals surface area contributed by atoms with Crippen molar-refractivity contribution in [2.75, 3.05) is 0 Å². The molecular weight excluding hydrogens is 184 g/mol. The average molecular weight is 208 g/mol. The Balaban J connectivity index is 2.70. The van der Waals surface area contributed by atoms with E-state index in [4.69, 9.17) is 11.5 Å². The van der Waals surface area contributed by atoms with E-state index < -0.39 is 0 Å². The van der Waals surface area contributed by atoms with Gasteiger partial charge in [-0.05, 0) is 32.3 Å². The number of hydrogen-bond donors (Lipinski definition) is 2. The van der Waals surface area contributed by atoms with Crippen LogP contribution in [0.3, 0.4) is 0 Å². The maximum absolute atomic E-state index is 6.21. The third-order valence-corrected chi connectivity index (χ3v) is 3.02. The third-order valence-electron chi connectivity index (χ3n) is 3.02. The molecule has 0 saturated carbocycles. The van der Waals surface area contributed by atoms with Gasteiger partial charge in [-0.15, -0.1) is 0 Å². The molecule has 1 aliphatic carbocycles. The molecule has 15 heavy (non-hydrogen) atoms. The molecule has 2 nitrogen and oxygen atoms in total. The van der Waals surface area contributed by atoms with Gasteiger partial charge in [-0.3, -0.25) is 0 Å². The summed E-state index contributed by atoms with van der Waals surface area (Å²) in [6.45, 7) is 6.28. The van der Waals surface area contributed by atoms with Gasteiger partial charge in [0.05, 0.1) is 11.1 Å². The molecule has 0 aromatic rings. The highest BCUT2D eigenvalue weighted by molar-refractivity contribution is 5.37. The predicted octanol–water partition coefficient (Wildman–Crippen LogP) is 2.50. The van der Waals surface area contributed by atoms with E-state index in [1.54, 1.807) is 0 Å². The van der Waals surface area contributed by atoms with Crippen LogP contribution < -0.4 is 11.5 Å². The first-order valence-electron chi connectivity index (χ1n) is 5.88. The van der Waals surface area contributed by atoms with Crippen molar-refractivity contribution in [2.45, 2.75) is 57.5 Å². The second-order valence-corrected chi connectivity index (χ2v) is 5.11. The highest BCUT2D eigenvalue weighted by Crippen LogP contribution is 2.28. The molecule has 0 radical (unpaired) electrons. The normalized spacial score (nSPS) is 35.4. The Labute approximate surface area is 93.4 Å². The van der Waals surface area contributed by atoms with Crippen LogP contribution in [-0.2, 0) is 0 Å². The summed E-state index contributed by atoms with van der Waals surface area (Å²) < 4.78 is 0. The van der Waals surface area contributed by atoms with Gasteiger partial charge in [0.2, 0.25) is 0 Å². The monoisotopic (exact) mass is 208 g/mol. The van der Waals surface area contributed by atoms with Crippen LogP contribution in [-0.4, -0.2) is 11.1 Å². The van der Waals surface area contributed by atoms with Crippen molar-refractivity contribution in [1.29, 1.82) is 0 Å². The molecule has 86 valence electrons. The molecule has 2 atom stereocenters. The fourth-order valence-electron chi connectivity index (χ4n) is 1.95. The molecule has 0 fully saturated rings. The minimum absolute atomic E-state index is 0.299. The highest BCUT2D eigenvalue weighted by atomic mass is 14.8. The predicted molar refractivity (Wildman–Crippen MR) is 66.5 cm³/mol. The standard InChI is InChI=1S/C13H24N2/c1-4-5-6-7-11-10-12(2,14)8-9-13(11,3)15/h8-10H,4-7,14-15H2,1-3H3. The lowest BCUT2D eigenvalue weighted by atomic mass is 9.79. The zero-order valence-electron chi connectivity index (χ0n) is 10.2. The average Bonchev–Trinajstić information content (AvgIpc) is 2.12. The molecule has 4 N–H and O–H groups in total. The van der Waals surface area contributed by atoms with Crippen LogP contribution in [0.2, 0.25) is 0 Å². The van der Waals surface area contributed by atoms with Crippen LogP contribution in [0.1, 0.15) is 46.5 Å². The Morgan fingerprint density at radius 1 is 1.13 bits per heavy atom. The van der Waals surface area contributed by atoms with E-state index in [0.29, 0.717) is 0 Å². The van der Waals surface area contributed by atoms with Crippen LogP contribution in [0.25, 0.3) is 0 Å². The lowest BCUT2D eigenvalue weighted by molar-refractivity contribution is 0.569. The zero-order chi connectivity index (χ0) is 11.5. The van der Waals surface area contributed by atoms with Crippen molar-refractivity contribution in [3.05, 3.63) is 23.8 Å². The summed E-state index contributed by atoms with van der Waals surface area (Å²) >= 11 is 0. The summed E-state index contributed by atoms with van der Waals surface area (Å²) in [6, 6.07) is 0. The van der Waals surface area contributed by atoms with Crippen LogP contribution >= 0.6 is 0 Å². The maximum atomic E-state index is 6.21. The molecule has 1 aliphatic rings. The summed E-state index contributed by atoms with van der Waals surface area (Å²) in [5.41, 5.74) is 13.0. The van der Waals surface area contributed by atoms with Gasteiger partial charge in [0, 0.05) is 0 Å². The van der Waals surface area contributed by atoms with Crippen molar-refractivity contribution in [1.82, 2.24) is 0 Å². The van der Waals surface area contributed by atoms with E-state index in [1.807, 2.05) is 19.1 Å². The van der Waals surface area contributed by atoms with Gasteiger partial charge in [-0.25, -0.2) is 0 Å². The molecule has 1 rings (SSSR count). The largest absolute Gasteiger partial charge is 0.319 e. The van der Waals surface area contributed by atoms with Gasteiger partial charge in [-0.1, -0.05) is 38.0 Å². The van der Waals surface area contributed by atoms with Gasteiger partial charge >= 0.3 is 0 Å². The molecule has 0 aromatic carbocycles. The fraction of sp³-hybridized carbons (Fsp3) is 0.692. The van der Waals surface area contributed by atoms with Crippen LogP contribution in [0.4, 0.5) is 0 Å². The number of rotatable bonds is 4. The lowest BCUT2D eigenvalue weighted by Gasteiger charge is -2.33. The van der Waals surface area contributed by atoms with Gasteiger partial charge in [0.15, 0.2) is 0 Å². The molecule has 0 amide bonds. The number of hydrogen-bond acceptors (Lipinski definition) is 2. The van der Waals surface area contributed by atoms with E-state index in [-0.39, 0.29) is 11.1 Å². The SMILES string of the molecule is CCCCCC1=CC(C)(N)C=CC1(C)N. The van der Waals surface area contributed by atoms with Crippen LogP contribution in [0, 0.1) is 0 Å². The highest BCUT2D eigenvalue weighted by Gasteiger charge is 2.28. The lowest BCUT2D eigenvalue weighted by Crippen LogP contribution is -2.44. The van der Waals surface area contributed by atoms with Crippen molar-refractivity contribution in [3.63, 3.8) is 0 Å². The number of unbranched alkanes of at least 4 members (excludes halogenated alkanes) is 2. The summed E-state index contributed by atoms with van der Waals surface area (Å²) in [6.07, 6.45) is 10.9. The summed E-state index contributed by atoms with van der Waals surface area (Å²) in [5.74, 6) is 0. The van der Waals surface area contributed by atoms with Gasteiger partial charge in [0.25, 0.3) is 0 Å². The summed E-state index contributed by atoms with van der Waals surface area (Å²) in [4.78, 5) is 0. The minimum Gasteiger partial charge on any atom is -0.319 e. The van der Waals surface area contributed by atoms with Gasteiger partial charge < -0.3 is 11.5 Å². The first-order chi connectivity index (χ1) is 6.87. The van der Waals surface area contributed by atoms with Crippen molar-refractivity contribution in [3.8, 4) is 0 Å². The smallest absolute Gasteiger partial charge is 0.0527 e. The molecular formula is C13H24N2. The van der Waals surface area contributed by atoms with Crippen molar-refractivity contribution >= 4 is 0 Å². The van der Waals surface area contributed by atoms with Crippen molar-refractivity contribution in [2.24, 2.45) is 11.5 Å². The summed E-state index contributed by atoms with van der Waals surface area (Å²) in [7, 11) is 0. The van der Waals surface area contributed by atoms with Crippen LogP contribution in [0.15, 0.2) is 23.8 Å². The molecule has 0 bridgehead atoms. The Hall–Kier alpha value is -0.600. The molecule has 0 aliphatic heterocycles. The second-order valence-electron chi connectivity index (χ2n) is 5.11. The topological polar surface area (TPSA) is 52.0 Å². The third kappa shape index (κ3) is 3.47. The Bertz CT molecular complexity index is 272. The fourth-order valence-corrected chi connectivity index (χ4v) is 1.95. The molecule has 0 heterocycles. The first kappa shape index (κ1) is 12.5. The molecule has 2 unspecified atom stereocenters. The van der Waals surface area contributed by atoms with E-state index >= 15 is 0 Å². The Morgan fingerprint density at radius 2 is 1.80 bits per heavy atom. The van der Waals surface area contributed by atoms with E-state index in [9.17, 15) is 0 Å². The minimum atomic E-state index is -0.319. The van der Waals surface area contributed by atoms with E-state index in [1.165, 1.54) is 24.8 Å². The van der Waals surface area contributed by atoms with E-state index in [0.717, 1.165) is 6.42 Å². The zero-order valence-corrected chi connectivity index (χ0v) is 10.2. The molecule has 0 aromatic heterocycles. The van der Waals surface area contributed by atoms with Crippen LogP contribution in [0.5, 0.6) is 0 Å². The maximum Gasteiger partial charge on any atom is 0.0527 e. The van der Waals surface area contributed by atoms with Gasteiger partial charge in [-0.2, -0.15) is 0 Å².